The van der Waals surface area contributed by atoms with Crippen molar-refractivity contribution in [3.8, 4) is 0 Å². The van der Waals surface area contributed by atoms with E-state index in [-0.39, 0.29) is 6.04 Å². The standard InChI is InChI=1S/C17H29N3/c1-15-14-19(2)11-7-13-20(15)12-6-10-17(18)16-8-4-3-5-9-16/h3-5,8-9,15,17H,6-7,10-14,18H2,1-2H3. The second kappa shape index (κ2) is 7.77. The van der Waals surface area contributed by atoms with E-state index in [9.17, 15) is 0 Å². The molecule has 1 fully saturated rings. The number of hydrogen-bond donors (Lipinski definition) is 1. The minimum Gasteiger partial charge on any atom is -0.324 e. The highest BCUT2D eigenvalue weighted by Crippen LogP contribution is 2.16. The van der Waals surface area contributed by atoms with Crippen LogP contribution in [0.25, 0.3) is 0 Å². The van der Waals surface area contributed by atoms with Crippen molar-refractivity contribution >= 4 is 0 Å². The largest absolute Gasteiger partial charge is 0.324 e. The van der Waals surface area contributed by atoms with Gasteiger partial charge in [0.1, 0.15) is 0 Å². The van der Waals surface area contributed by atoms with E-state index in [0.29, 0.717) is 6.04 Å². The van der Waals surface area contributed by atoms with Gasteiger partial charge in [-0.3, -0.25) is 4.90 Å². The van der Waals surface area contributed by atoms with Gasteiger partial charge in [-0.25, -0.2) is 0 Å². The summed E-state index contributed by atoms with van der Waals surface area (Å²) in [6, 6.07) is 11.3. The summed E-state index contributed by atoms with van der Waals surface area (Å²) in [7, 11) is 2.23. The summed E-state index contributed by atoms with van der Waals surface area (Å²) >= 11 is 0. The molecule has 20 heavy (non-hydrogen) atoms. The van der Waals surface area contributed by atoms with Crippen LogP contribution in [-0.2, 0) is 0 Å². The fourth-order valence-corrected chi connectivity index (χ4v) is 3.14. The Labute approximate surface area is 123 Å². The summed E-state index contributed by atoms with van der Waals surface area (Å²) in [6.45, 7) is 7.16. The van der Waals surface area contributed by atoms with Crippen molar-refractivity contribution in [2.75, 3.05) is 33.2 Å². The van der Waals surface area contributed by atoms with E-state index >= 15 is 0 Å². The molecule has 3 nitrogen and oxygen atoms in total. The Kier molecular flexibility index (Phi) is 6.02. The molecule has 1 saturated heterocycles. The highest BCUT2D eigenvalue weighted by Gasteiger charge is 2.19. The lowest BCUT2D eigenvalue weighted by Gasteiger charge is -2.28. The fourth-order valence-electron chi connectivity index (χ4n) is 3.14. The second-order valence-corrected chi connectivity index (χ2v) is 6.16. The van der Waals surface area contributed by atoms with Crippen molar-refractivity contribution < 1.29 is 0 Å². The molecule has 0 aliphatic carbocycles. The van der Waals surface area contributed by atoms with Crippen LogP contribution in [0.5, 0.6) is 0 Å². The van der Waals surface area contributed by atoms with E-state index < -0.39 is 0 Å². The first-order chi connectivity index (χ1) is 9.66. The zero-order valence-electron chi connectivity index (χ0n) is 13.0. The molecule has 0 bridgehead atoms. The van der Waals surface area contributed by atoms with E-state index in [4.69, 9.17) is 5.73 Å². The Hall–Kier alpha value is -0.900. The predicted molar refractivity (Wildman–Crippen MR) is 85.8 cm³/mol. The van der Waals surface area contributed by atoms with Gasteiger partial charge in [0.2, 0.25) is 0 Å². The maximum Gasteiger partial charge on any atom is 0.0295 e. The van der Waals surface area contributed by atoms with Gasteiger partial charge in [0.25, 0.3) is 0 Å². The molecule has 1 aromatic rings. The van der Waals surface area contributed by atoms with Crippen LogP contribution in [0.4, 0.5) is 0 Å². The first-order valence-corrected chi connectivity index (χ1v) is 7.90. The van der Waals surface area contributed by atoms with Gasteiger partial charge in [-0.2, -0.15) is 0 Å². The molecular weight excluding hydrogens is 246 g/mol. The van der Waals surface area contributed by atoms with Gasteiger partial charge in [0, 0.05) is 18.6 Å². The van der Waals surface area contributed by atoms with Crippen LogP contribution in [0.2, 0.25) is 0 Å². The van der Waals surface area contributed by atoms with Crippen molar-refractivity contribution in [3.05, 3.63) is 35.9 Å². The van der Waals surface area contributed by atoms with Gasteiger partial charge in [-0.1, -0.05) is 30.3 Å². The summed E-state index contributed by atoms with van der Waals surface area (Å²) in [4.78, 5) is 5.07. The first-order valence-electron chi connectivity index (χ1n) is 7.90. The lowest BCUT2D eigenvalue weighted by atomic mass is 10.0. The van der Waals surface area contributed by atoms with E-state index in [1.54, 1.807) is 0 Å². The lowest BCUT2D eigenvalue weighted by molar-refractivity contribution is 0.197. The summed E-state index contributed by atoms with van der Waals surface area (Å²) in [5, 5.41) is 0. The van der Waals surface area contributed by atoms with Gasteiger partial charge in [0.15, 0.2) is 0 Å². The van der Waals surface area contributed by atoms with Gasteiger partial charge in [-0.05, 0) is 58.4 Å². The maximum atomic E-state index is 6.27. The monoisotopic (exact) mass is 275 g/mol. The van der Waals surface area contributed by atoms with Gasteiger partial charge < -0.3 is 10.6 Å². The zero-order chi connectivity index (χ0) is 14.4. The molecule has 1 heterocycles. The molecule has 0 spiro atoms. The molecule has 0 amide bonds. The molecule has 2 rings (SSSR count). The number of rotatable bonds is 5. The average Bonchev–Trinajstić information content (AvgIpc) is 2.61. The zero-order valence-corrected chi connectivity index (χ0v) is 13.0. The number of hydrogen-bond acceptors (Lipinski definition) is 3. The van der Waals surface area contributed by atoms with Crippen molar-refractivity contribution in [2.24, 2.45) is 5.73 Å². The molecule has 2 unspecified atom stereocenters. The van der Waals surface area contributed by atoms with Crippen molar-refractivity contribution in [3.63, 3.8) is 0 Å². The minimum atomic E-state index is 0.182. The molecule has 0 aromatic heterocycles. The third kappa shape index (κ3) is 4.58. The number of nitrogens with two attached hydrogens (primary N) is 1. The van der Waals surface area contributed by atoms with Crippen LogP contribution < -0.4 is 5.73 Å². The SMILES string of the molecule is CC1CN(C)CCCN1CCCC(N)c1ccccc1. The smallest absolute Gasteiger partial charge is 0.0295 e. The molecular formula is C17H29N3. The van der Waals surface area contributed by atoms with Crippen LogP contribution in [0.3, 0.4) is 0 Å². The quantitative estimate of drug-likeness (QED) is 0.896. The Morgan fingerprint density at radius 2 is 2.00 bits per heavy atom. The molecule has 1 aromatic carbocycles. The molecule has 0 saturated carbocycles. The highest BCUT2D eigenvalue weighted by atomic mass is 15.2. The third-order valence-corrected chi connectivity index (χ3v) is 4.37. The van der Waals surface area contributed by atoms with Crippen LogP contribution in [0.15, 0.2) is 30.3 Å². The molecule has 1 aliphatic heterocycles. The Morgan fingerprint density at radius 1 is 1.25 bits per heavy atom. The van der Waals surface area contributed by atoms with E-state index in [0.717, 1.165) is 6.42 Å². The number of nitrogens with zero attached hydrogens (tertiary/aromatic N) is 2. The topological polar surface area (TPSA) is 32.5 Å². The highest BCUT2D eigenvalue weighted by molar-refractivity contribution is 5.18. The average molecular weight is 275 g/mol. The third-order valence-electron chi connectivity index (χ3n) is 4.37. The van der Waals surface area contributed by atoms with Gasteiger partial charge in [0.05, 0.1) is 0 Å². The lowest BCUT2D eigenvalue weighted by Crippen LogP contribution is -2.38. The van der Waals surface area contributed by atoms with Crippen LogP contribution in [-0.4, -0.2) is 49.1 Å². The molecule has 3 heteroatoms. The summed E-state index contributed by atoms with van der Waals surface area (Å²) in [5.41, 5.74) is 7.53. The van der Waals surface area contributed by atoms with E-state index in [1.807, 2.05) is 6.07 Å². The van der Waals surface area contributed by atoms with Gasteiger partial charge in [-0.15, -0.1) is 0 Å². The van der Waals surface area contributed by atoms with Crippen molar-refractivity contribution in [2.45, 2.75) is 38.3 Å². The van der Waals surface area contributed by atoms with Crippen LogP contribution >= 0.6 is 0 Å². The Balaban J connectivity index is 1.75. The molecule has 0 radical (unpaired) electrons. The summed E-state index contributed by atoms with van der Waals surface area (Å²) < 4.78 is 0. The van der Waals surface area contributed by atoms with Crippen molar-refractivity contribution in [1.82, 2.24) is 9.80 Å². The second-order valence-electron chi connectivity index (χ2n) is 6.16. The first kappa shape index (κ1) is 15.5. The molecule has 2 N–H and O–H groups in total. The molecule has 1 aliphatic rings. The minimum absolute atomic E-state index is 0.182. The summed E-state index contributed by atoms with van der Waals surface area (Å²) in [6.07, 6.45) is 3.54. The fraction of sp³-hybridized carbons (Fsp3) is 0.647. The van der Waals surface area contributed by atoms with Crippen LogP contribution in [0.1, 0.15) is 37.8 Å². The normalized spacial score (nSPS) is 23.4. The predicted octanol–water partition coefficient (Wildman–Crippen LogP) is 2.49. The van der Waals surface area contributed by atoms with Crippen molar-refractivity contribution in [1.29, 1.82) is 0 Å². The Bertz CT molecular complexity index is 379. The maximum absolute atomic E-state index is 6.27. The van der Waals surface area contributed by atoms with E-state index in [1.165, 1.54) is 44.6 Å². The Morgan fingerprint density at radius 3 is 2.75 bits per heavy atom. The van der Waals surface area contributed by atoms with Gasteiger partial charge >= 0.3 is 0 Å². The summed E-state index contributed by atoms with van der Waals surface area (Å²) in [5.74, 6) is 0. The molecule has 112 valence electrons. The number of likely N-dealkylation sites (N-methyl/N-ethyl adjacent to an activating group) is 1. The molecule has 2 atom stereocenters. The van der Waals surface area contributed by atoms with Crippen LogP contribution in [0, 0.1) is 0 Å². The number of benzene rings is 1. The van der Waals surface area contributed by atoms with E-state index in [2.05, 4.69) is 48.0 Å².